The third-order valence-corrected chi connectivity index (χ3v) is 5.93. The Morgan fingerprint density at radius 2 is 1.74 bits per heavy atom. The smallest absolute Gasteiger partial charge is 0.275 e. The van der Waals surface area contributed by atoms with Gasteiger partial charge in [-0.2, -0.15) is 4.98 Å². The third kappa shape index (κ3) is 2.42. The lowest BCUT2D eigenvalue weighted by atomic mass is 9.99. The summed E-state index contributed by atoms with van der Waals surface area (Å²) in [5.41, 5.74) is 6.60. The number of hydrogen-bond donors (Lipinski definition) is 3. The van der Waals surface area contributed by atoms with Crippen molar-refractivity contribution in [3.05, 3.63) is 28.3 Å². The first-order valence-electron chi connectivity index (χ1n) is 7.88. The summed E-state index contributed by atoms with van der Waals surface area (Å²) in [6, 6.07) is 2.35. The van der Waals surface area contributed by atoms with E-state index in [-0.39, 0.29) is 5.16 Å². The number of aromatic nitrogens is 3. The molecule has 1 aromatic heterocycles. The van der Waals surface area contributed by atoms with Crippen molar-refractivity contribution in [2.24, 2.45) is 0 Å². The molecule has 7 nitrogen and oxygen atoms in total. The van der Waals surface area contributed by atoms with Crippen molar-refractivity contribution in [2.45, 2.75) is 43.7 Å². The van der Waals surface area contributed by atoms with Gasteiger partial charge in [0.25, 0.3) is 15.2 Å². The molecule has 0 aliphatic heterocycles. The van der Waals surface area contributed by atoms with Gasteiger partial charge in [0.15, 0.2) is 0 Å². The van der Waals surface area contributed by atoms with E-state index in [2.05, 4.69) is 31.3 Å². The van der Waals surface area contributed by atoms with Gasteiger partial charge < -0.3 is 5.32 Å². The summed E-state index contributed by atoms with van der Waals surface area (Å²) in [6.45, 7) is 0. The van der Waals surface area contributed by atoms with Gasteiger partial charge in [0, 0.05) is 5.69 Å². The van der Waals surface area contributed by atoms with Crippen molar-refractivity contribution >= 4 is 21.7 Å². The maximum Gasteiger partial charge on any atom is 0.275 e. The maximum atomic E-state index is 11.8. The highest BCUT2D eigenvalue weighted by molar-refractivity contribution is 7.89. The standard InChI is InChI=1S/C15H19N5O2S/c1-16-23(21,22)15-18-14(19-20-15)17-13-11-6-2-4-9(11)8-10-5-3-7-12(10)13/h8,16H,2-7H2,1H3,(H2,17,18,19,20). The molecule has 0 fully saturated rings. The second-order valence-corrected chi connectivity index (χ2v) is 7.83. The lowest BCUT2D eigenvalue weighted by Gasteiger charge is -2.15. The van der Waals surface area contributed by atoms with E-state index in [0.717, 1.165) is 31.4 Å². The fourth-order valence-corrected chi connectivity index (χ4v) is 4.16. The van der Waals surface area contributed by atoms with Gasteiger partial charge in [0.2, 0.25) is 5.95 Å². The van der Waals surface area contributed by atoms with Gasteiger partial charge in [-0.05, 0) is 67.8 Å². The van der Waals surface area contributed by atoms with Crippen LogP contribution in [0.2, 0.25) is 0 Å². The van der Waals surface area contributed by atoms with Crippen LogP contribution in [0.3, 0.4) is 0 Å². The Morgan fingerprint density at radius 1 is 1.09 bits per heavy atom. The van der Waals surface area contributed by atoms with Crippen LogP contribution >= 0.6 is 0 Å². The van der Waals surface area contributed by atoms with Crippen LogP contribution in [0, 0.1) is 0 Å². The summed E-state index contributed by atoms with van der Waals surface area (Å²) in [5, 5.41) is 9.59. The van der Waals surface area contributed by atoms with Gasteiger partial charge >= 0.3 is 0 Å². The number of benzene rings is 1. The van der Waals surface area contributed by atoms with Gasteiger partial charge in [-0.3, -0.25) is 0 Å². The number of nitrogens with zero attached hydrogens (tertiary/aromatic N) is 2. The Bertz CT molecular complexity index is 840. The highest BCUT2D eigenvalue weighted by atomic mass is 32.2. The highest BCUT2D eigenvalue weighted by Gasteiger charge is 2.25. The van der Waals surface area contributed by atoms with Crippen molar-refractivity contribution in [3.8, 4) is 0 Å². The lowest BCUT2D eigenvalue weighted by molar-refractivity contribution is 0.579. The second kappa shape index (κ2) is 5.31. The zero-order valence-corrected chi connectivity index (χ0v) is 13.8. The first-order valence-corrected chi connectivity index (χ1v) is 9.36. The van der Waals surface area contributed by atoms with Crippen molar-refractivity contribution in [2.75, 3.05) is 12.4 Å². The van der Waals surface area contributed by atoms with E-state index in [9.17, 15) is 8.42 Å². The molecular weight excluding hydrogens is 314 g/mol. The minimum atomic E-state index is -3.61. The second-order valence-electron chi connectivity index (χ2n) is 6.03. The molecule has 2 aromatic rings. The number of anilines is 2. The molecule has 122 valence electrons. The molecule has 0 unspecified atom stereocenters. The fraction of sp³-hybridized carbons (Fsp3) is 0.467. The summed E-state index contributed by atoms with van der Waals surface area (Å²) >= 11 is 0. The molecule has 0 atom stereocenters. The van der Waals surface area contributed by atoms with Crippen LogP contribution in [-0.4, -0.2) is 30.6 Å². The van der Waals surface area contributed by atoms with Crippen LogP contribution in [-0.2, 0) is 35.7 Å². The number of fused-ring (bicyclic) bond motifs is 2. The molecule has 4 rings (SSSR count). The number of sulfonamides is 1. The molecule has 2 aliphatic carbocycles. The predicted octanol–water partition coefficient (Wildman–Crippen LogP) is 1.43. The minimum absolute atomic E-state index is 0.174. The normalized spacial score (nSPS) is 16.4. The summed E-state index contributed by atoms with van der Waals surface area (Å²) in [6.07, 6.45) is 6.67. The zero-order chi connectivity index (χ0) is 16.0. The Balaban J connectivity index is 1.73. The van der Waals surface area contributed by atoms with E-state index in [4.69, 9.17) is 0 Å². The molecule has 0 saturated heterocycles. The van der Waals surface area contributed by atoms with Crippen LogP contribution in [0.1, 0.15) is 35.1 Å². The summed E-state index contributed by atoms with van der Waals surface area (Å²) in [7, 11) is -2.26. The topological polar surface area (TPSA) is 99.8 Å². The average Bonchev–Trinajstić information content (AvgIpc) is 3.26. The van der Waals surface area contributed by atoms with Gasteiger partial charge in [-0.25, -0.2) is 18.2 Å². The molecule has 2 aliphatic rings. The summed E-state index contributed by atoms with van der Waals surface area (Å²) in [4.78, 5) is 4.07. The maximum absolute atomic E-state index is 11.8. The van der Waals surface area contributed by atoms with Crippen molar-refractivity contribution < 1.29 is 8.42 Å². The number of rotatable bonds is 4. The molecule has 8 heteroatoms. The number of nitrogens with one attached hydrogen (secondary N) is 3. The average molecular weight is 333 g/mol. The number of hydrogen-bond acceptors (Lipinski definition) is 5. The SMILES string of the molecule is CNS(=O)(=O)c1nc(Nc2c3c(cc4c2CCC4)CCC3)n[nH]1. The Labute approximate surface area is 135 Å². The van der Waals surface area contributed by atoms with Crippen LogP contribution in [0.5, 0.6) is 0 Å². The Kier molecular flexibility index (Phi) is 3.38. The highest BCUT2D eigenvalue weighted by Crippen LogP contribution is 2.39. The first-order chi connectivity index (χ1) is 11.1. The van der Waals surface area contributed by atoms with Gasteiger partial charge in [0.05, 0.1) is 0 Å². The van der Waals surface area contributed by atoms with Gasteiger partial charge in [-0.15, -0.1) is 5.10 Å². The van der Waals surface area contributed by atoms with Crippen molar-refractivity contribution in [1.82, 2.24) is 19.9 Å². The largest absolute Gasteiger partial charge is 0.322 e. The summed E-state index contributed by atoms with van der Waals surface area (Å²) in [5.74, 6) is 0.299. The molecule has 1 aromatic carbocycles. The number of H-pyrrole nitrogens is 1. The van der Waals surface area contributed by atoms with E-state index in [0.29, 0.717) is 5.95 Å². The van der Waals surface area contributed by atoms with Crippen LogP contribution < -0.4 is 10.0 Å². The number of aromatic amines is 1. The van der Waals surface area contributed by atoms with E-state index in [1.165, 1.54) is 42.1 Å². The fourth-order valence-electron chi connectivity index (χ4n) is 3.60. The lowest BCUT2D eigenvalue weighted by Crippen LogP contribution is -2.19. The molecule has 1 heterocycles. The van der Waals surface area contributed by atoms with Crippen LogP contribution in [0.4, 0.5) is 11.6 Å². The van der Waals surface area contributed by atoms with E-state index >= 15 is 0 Å². The van der Waals surface area contributed by atoms with Gasteiger partial charge in [-0.1, -0.05) is 6.07 Å². The minimum Gasteiger partial charge on any atom is -0.322 e. The van der Waals surface area contributed by atoms with Crippen LogP contribution in [0.25, 0.3) is 0 Å². The van der Waals surface area contributed by atoms with E-state index < -0.39 is 10.0 Å². The summed E-state index contributed by atoms with van der Waals surface area (Å²) < 4.78 is 25.8. The molecule has 0 saturated carbocycles. The zero-order valence-electron chi connectivity index (χ0n) is 12.9. The predicted molar refractivity (Wildman–Crippen MR) is 86.4 cm³/mol. The Hall–Kier alpha value is -1.93. The molecule has 3 N–H and O–H groups in total. The van der Waals surface area contributed by atoms with E-state index in [1.807, 2.05) is 0 Å². The first kappa shape index (κ1) is 14.6. The molecule has 0 bridgehead atoms. The third-order valence-electron chi connectivity index (χ3n) is 4.70. The molecule has 0 radical (unpaired) electrons. The monoisotopic (exact) mass is 333 g/mol. The van der Waals surface area contributed by atoms with E-state index in [1.54, 1.807) is 0 Å². The quantitative estimate of drug-likeness (QED) is 0.786. The van der Waals surface area contributed by atoms with Crippen molar-refractivity contribution in [1.29, 1.82) is 0 Å². The molecular formula is C15H19N5O2S. The van der Waals surface area contributed by atoms with Gasteiger partial charge in [0.1, 0.15) is 0 Å². The van der Waals surface area contributed by atoms with Crippen molar-refractivity contribution in [3.63, 3.8) is 0 Å². The molecule has 0 amide bonds. The molecule has 23 heavy (non-hydrogen) atoms. The Morgan fingerprint density at radius 3 is 2.35 bits per heavy atom. The van der Waals surface area contributed by atoms with Crippen LogP contribution in [0.15, 0.2) is 11.2 Å². The molecule has 0 spiro atoms. The number of aryl methyl sites for hydroxylation is 2.